The van der Waals surface area contributed by atoms with Gasteiger partial charge in [0, 0.05) is 12.7 Å². The van der Waals surface area contributed by atoms with Gasteiger partial charge in [0.05, 0.1) is 11.0 Å². The fourth-order valence-corrected chi connectivity index (χ4v) is 1.06. The molecule has 0 spiro atoms. The average molecular weight is 261 g/mol. The average Bonchev–Trinajstić information content (AvgIpc) is 2.25. The van der Waals surface area contributed by atoms with Gasteiger partial charge in [0.2, 0.25) is 5.91 Å². The molecule has 0 saturated carbocycles. The Hall–Kier alpha value is -1.79. The number of alkyl halides is 3. The topological polar surface area (TPSA) is 68.0 Å². The van der Waals surface area contributed by atoms with Crippen LogP contribution in [0.15, 0.2) is 18.3 Å². The number of primary amides is 1. The summed E-state index contributed by atoms with van der Waals surface area (Å²) in [6, 6.07) is 2.13. The summed E-state index contributed by atoms with van der Waals surface area (Å²) in [5.74, 6) is -0.237. The zero-order chi connectivity index (χ0) is 14.0. The molecule has 0 saturated heterocycles. The molecule has 1 aromatic heterocycles. The van der Waals surface area contributed by atoms with E-state index in [1.807, 2.05) is 0 Å². The number of rotatable bonds is 4. The predicted octanol–water partition coefficient (Wildman–Crippen LogP) is 2.02. The van der Waals surface area contributed by atoms with E-state index >= 15 is 0 Å². The van der Waals surface area contributed by atoms with Crippen LogP contribution in [-0.2, 0) is 11.0 Å². The van der Waals surface area contributed by atoms with E-state index in [-0.39, 0.29) is 12.4 Å². The first-order valence-electron chi connectivity index (χ1n) is 5.20. The molecule has 0 aliphatic rings. The van der Waals surface area contributed by atoms with Crippen LogP contribution in [0.3, 0.4) is 0 Å². The number of nitrogens with two attached hydrogens (primary N) is 1. The number of amides is 1. The van der Waals surface area contributed by atoms with Crippen LogP contribution in [0.2, 0.25) is 0 Å². The van der Waals surface area contributed by atoms with Gasteiger partial charge in [-0.3, -0.25) is 4.79 Å². The number of carbonyl (C=O) groups is 1. The molecule has 4 nitrogen and oxygen atoms in total. The molecule has 0 unspecified atom stereocenters. The van der Waals surface area contributed by atoms with Crippen molar-refractivity contribution in [1.82, 2.24) is 4.98 Å². The molecular formula is C11H14F3N3O. The molecule has 1 amide bonds. The summed E-state index contributed by atoms with van der Waals surface area (Å²) in [5, 5.41) is 2.77. The normalized spacial score (nSPS) is 12.3. The zero-order valence-electron chi connectivity index (χ0n) is 10.0. The fraction of sp³-hybridized carbons (Fsp3) is 0.455. The molecule has 0 atom stereocenters. The van der Waals surface area contributed by atoms with Crippen LogP contribution in [0, 0.1) is 5.41 Å². The van der Waals surface area contributed by atoms with Gasteiger partial charge in [0.1, 0.15) is 5.82 Å². The Kier molecular flexibility index (Phi) is 3.83. The summed E-state index contributed by atoms with van der Waals surface area (Å²) in [4.78, 5) is 14.7. The quantitative estimate of drug-likeness (QED) is 0.871. The second-order valence-electron chi connectivity index (χ2n) is 4.53. The van der Waals surface area contributed by atoms with Crippen molar-refractivity contribution in [3.05, 3.63) is 23.9 Å². The maximum absolute atomic E-state index is 12.3. The number of halogens is 3. The largest absolute Gasteiger partial charge is 0.417 e. The van der Waals surface area contributed by atoms with E-state index < -0.39 is 23.1 Å². The Morgan fingerprint density at radius 2 is 2.00 bits per heavy atom. The van der Waals surface area contributed by atoms with E-state index in [2.05, 4.69) is 10.3 Å². The van der Waals surface area contributed by atoms with E-state index in [1.165, 1.54) is 6.07 Å². The molecule has 0 fully saturated rings. The first kappa shape index (κ1) is 14.3. The molecule has 0 radical (unpaired) electrons. The van der Waals surface area contributed by atoms with Gasteiger partial charge in [-0.25, -0.2) is 4.98 Å². The molecule has 18 heavy (non-hydrogen) atoms. The van der Waals surface area contributed by atoms with Crippen LogP contribution >= 0.6 is 0 Å². The van der Waals surface area contributed by atoms with Gasteiger partial charge >= 0.3 is 6.18 Å². The van der Waals surface area contributed by atoms with Gasteiger partial charge in [-0.2, -0.15) is 13.2 Å². The van der Waals surface area contributed by atoms with Crippen molar-refractivity contribution in [2.45, 2.75) is 20.0 Å². The van der Waals surface area contributed by atoms with Crippen molar-refractivity contribution in [2.24, 2.45) is 11.1 Å². The summed E-state index contributed by atoms with van der Waals surface area (Å²) in [5.41, 5.74) is 3.55. The van der Waals surface area contributed by atoms with Gasteiger partial charge in [0.25, 0.3) is 0 Å². The highest BCUT2D eigenvalue weighted by Gasteiger charge is 2.30. The summed E-state index contributed by atoms with van der Waals surface area (Å²) in [7, 11) is 0. The molecule has 0 aliphatic heterocycles. The molecule has 1 aromatic rings. The maximum Gasteiger partial charge on any atom is 0.417 e. The first-order valence-corrected chi connectivity index (χ1v) is 5.20. The Bertz CT molecular complexity index is 426. The lowest BCUT2D eigenvalue weighted by Gasteiger charge is -2.21. The highest BCUT2D eigenvalue weighted by molar-refractivity contribution is 5.80. The van der Waals surface area contributed by atoms with Crippen LogP contribution in [0.25, 0.3) is 0 Å². The molecule has 0 bridgehead atoms. The third-order valence-electron chi connectivity index (χ3n) is 2.47. The second-order valence-corrected chi connectivity index (χ2v) is 4.53. The number of nitrogens with one attached hydrogen (secondary N) is 1. The number of anilines is 1. The van der Waals surface area contributed by atoms with Crippen molar-refractivity contribution < 1.29 is 18.0 Å². The monoisotopic (exact) mass is 261 g/mol. The van der Waals surface area contributed by atoms with Crippen molar-refractivity contribution >= 4 is 11.7 Å². The Morgan fingerprint density at radius 1 is 1.39 bits per heavy atom. The minimum atomic E-state index is -4.40. The molecule has 0 aliphatic carbocycles. The fourth-order valence-electron chi connectivity index (χ4n) is 1.06. The molecule has 3 N–H and O–H groups in total. The van der Waals surface area contributed by atoms with Crippen LogP contribution in [0.4, 0.5) is 19.0 Å². The number of carbonyl (C=O) groups excluding carboxylic acids is 1. The summed E-state index contributed by atoms with van der Waals surface area (Å²) < 4.78 is 36.8. The lowest BCUT2D eigenvalue weighted by atomic mass is 9.93. The maximum atomic E-state index is 12.3. The minimum absolute atomic E-state index is 0.195. The van der Waals surface area contributed by atoms with Crippen molar-refractivity contribution in [3.63, 3.8) is 0 Å². The molecule has 100 valence electrons. The van der Waals surface area contributed by atoms with Gasteiger partial charge in [0.15, 0.2) is 0 Å². The number of aromatic nitrogens is 1. The molecule has 0 aromatic carbocycles. The Morgan fingerprint density at radius 3 is 2.39 bits per heavy atom. The molecular weight excluding hydrogens is 247 g/mol. The lowest BCUT2D eigenvalue weighted by molar-refractivity contribution is -0.137. The number of hydrogen-bond donors (Lipinski definition) is 2. The van der Waals surface area contributed by atoms with Crippen molar-refractivity contribution in [1.29, 1.82) is 0 Å². The standard InChI is InChI=1S/C11H14F3N3O/c1-10(2,9(15)18)6-17-8-4-3-7(5-16-8)11(12,13)14/h3-5H,6H2,1-2H3,(H2,15,18)(H,16,17). The van der Waals surface area contributed by atoms with E-state index in [0.717, 1.165) is 12.3 Å². The number of pyridine rings is 1. The van der Waals surface area contributed by atoms with Crippen molar-refractivity contribution in [3.8, 4) is 0 Å². The van der Waals surface area contributed by atoms with E-state index in [4.69, 9.17) is 5.73 Å². The van der Waals surface area contributed by atoms with E-state index in [0.29, 0.717) is 0 Å². The molecule has 1 rings (SSSR count). The van der Waals surface area contributed by atoms with Gasteiger partial charge in [-0.05, 0) is 26.0 Å². The van der Waals surface area contributed by atoms with Crippen molar-refractivity contribution in [2.75, 3.05) is 11.9 Å². The smallest absolute Gasteiger partial charge is 0.369 e. The van der Waals surface area contributed by atoms with Crippen LogP contribution < -0.4 is 11.1 Å². The molecule has 7 heteroatoms. The third-order valence-corrected chi connectivity index (χ3v) is 2.47. The Balaban J connectivity index is 2.68. The first-order chi connectivity index (χ1) is 8.13. The highest BCUT2D eigenvalue weighted by atomic mass is 19.4. The summed E-state index contributed by atoms with van der Waals surface area (Å²) >= 11 is 0. The highest BCUT2D eigenvalue weighted by Crippen LogP contribution is 2.28. The predicted molar refractivity (Wildman–Crippen MR) is 60.7 cm³/mol. The zero-order valence-corrected chi connectivity index (χ0v) is 10.0. The molecule has 1 heterocycles. The third kappa shape index (κ3) is 3.61. The van der Waals surface area contributed by atoms with E-state index in [9.17, 15) is 18.0 Å². The lowest BCUT2D eigenvalue weighted by Crippen LogP contribution is -2.37. The van der Waals surface area contributed by atoms with Gasteiger partial charge < -0.3 is 11.1 Å². The van der Waals surface area contributed by atoms with Gasteiger partial charge in [-0.15, -0.1) is 0 Å². The van der Waals surface area contributed by atoms with Gasteiger partial charge in [-0.1, -0.05) is 0 Å². The Labute approximate surface area is 102 Å². The number of hydrogen-bond acceptors (Lipinski definition) is 3. The SMILES string of the molecule is CC(C)(CNc1ccc(C(F)(F)F)cn1)C(N)=O. The van der Waals surface area contributed by atoms with E-state index in [1.54, 1.807) is 13.8 Å². The number of nitrogens with zero attached hydrogens (tertiary/aromatic N) is 1. The second kappa shape index (κ2) is 4.83. The minimum Gasteiger partial charge on any atom is -0.369 e. The van der Waals surface area contributed by atoms with Crippen LogP contribution in [-0.4, -0.2) is 17.4 Å². The summed E-state index contributed by atoms with van der Waals surface area (Å²) in [6.07, 6.45) is -3.67. The van der Waals surface area contributed by atoms with Crippen LogP contribution in [0.1, 0.15) is 19.4 Å². The summed E-state index contributed by atoms with van der Waals surface area (Å²) in [6.45, 7) is 3.46. The van der Waals surface area contributed by atoms with Crippen LogP contribution in [0.5, 0.6) is 0 Å².